The van der Waals surface area contributed by atoms with Crippen LogP contribution in [0, 0.1) is 17.2 Å². The summed E-state index contributed by atoms with van der Waals surface area (Å²) in [6.45, 7) is 1.11. The molecule has 2 aliphatic rings. The van der Waals surface area contributed by atoms with Crippen molar-refractivity contribution in [2.75, 3.05) is 13.6 Å². The second kappa shape index (κ2) is 6.72. The summed E-state index contributed by atoms with van der Waals surface area (Å²) in [5.74, 6) is 0.408. The molecule has 2 aliphatic carbocycles. The number of nitrogens with zero attached hydrogens (tertiary/aromatic N) is 2. The maximum absolute atomic E-state index is 9.26. The van der Waals surface area contributed by atoms with Crippen molar-refractivity contribution >= 4 is 0 Å². The molecule has 0 aliphatic heterocycles. The molecule has 0 aromatic carbocycles. The largest absolute Gasteiger partial charge is 0.313 e. The first-order chi connectivity index (χ1) is 9.15. The van der Waals surface area contributed by atoms with Crippen molar-refractivity contribution in [2.24, 2.45) is 11.7 Å². The molecule has 2 N–H and O–H groups in total. The molecule has 0 aromatic rings. The highest BCUT2D eigenvalue weighted by Gasteiger charge is 2.39. The molecule has 0 heterocycles. The Morgan fingerprint density at radius 2 is 1.84 bits per heavy atom. The van der Waals surface area contributed by atoms with Crippen LogP contribution in [-0.4, -0.2) is 30.1 Å². The first kappa shape index (κ1) is 14.8. The molecular formula is C16H29N3. The van der Waals surface area contributed by atoms with Crippen LogP contribution >= 0.6 is 0 Å². The van der Waals surface area contributed by atoms with Gasteiger partial charge in [-0.15, -0.1) is 0 Å². The molecule has 2 atom stereocenters. The minimum atomic E-state index is -0.537. The number of hydrogen-bond acceptors (Lipinski definition) is 3. The predicted octanol–water partition coefficient (Wildman–Crippen LogP) is 3.05. The Morgan fingerprint density at radius 3 is 2.47 bits per heavy atom. The molecular weight excluding hydrogens is 234 g/mol. The van der Waals surface area contributed by atoms with Gasteiger partial charge in [0.1, 0.15) is 5.54 Å². The zero-order chi connectivity index (χ0) is 13.7. The summed E-state index contributed by atoms with van der Waals surface area (Å²) in [4.78, 5) is 2.53. The van der Waals surface area contributed by atoms with E-state index in [1.807, 2.05) is 0 Å². The van der Waals surface area contributed by atoms with Gasteiger partial charge in [0.15, 0.2) is 0 Å². The van der Waals surface area contributed by atoms with Crippen molar-refractivity contribution in [2.45, 2.75) is 75.8 Å². The molecule has 0 spiro atoms. The lowest BCUT2D eigenvalue weighted by Crippen LogP contribution is -2.43. The van der Waals surface area contributed by atoms with Crippen molar-refractivity contribution in [3.05, 3.63) is 0 Å². The normalized spacial score (nSPS) is 33.3. The molecule has 3 nitrogen and oxygen atoms in total. The minimum absolute atomic E-state index is 0.408. The maximum Gasteiger partial charge on any atom is 0.107 e. The molecule has 2 fully saturated rings. The molecule has 0 aromatic heterocycles. The van der Waals surface area contributed by atoms with Crippen LogP contribution in [0.3, 0.4) is 0 Å². The fourth-order valence-corrected chi connectivity index (χ4v) is 3.89. The van der Waals surface area contributed by atoms with Crippen molar-refractivity contribution in [3.8, 4) is 6.07 Å². The molecule has 2 saturated carbocycles. The summed E-state index contributed by atoms with van der Waals surface area (Å²) in [6, 6.07) is 3.13. The SMILES string of the molecule is CN(CCC1CCCC1(N)C#N)C1CCCCCC1. The van der Waals surface area contributed by atoms with Crippen molar-refractivity contribution in [1.29, 1.82) is 5.26 Å². The van der Waals surface area contributed by atoms with Gasteiger partial charge in [0.25, 0.3) is 0 Å². The van der Waals surface area contributed by atoms with Crippen molar-refractivity contribution in [3.63, 3.8) is 0 Å². The zero-order valence-electron chi connectivity index (χ0n) is 12.4. The molecule has 0 saturated heterocycles. The van der Waals surface area contributed by atoms with Gasteiger partial charge >= 0.3 is 0 Å². The Labute approximate surface area is 118 Å². The second-order valence-electron chi connectivity index (χ2n) is 6.66. The van der Waals surface area contributed by atoms with E-state index < -0.39 is 5.54 Å². The Morgan fingerprint density at radius 1 is 1.16 bits per heavy atom. The van der Waals surface area contributed by atoms with Gasteiger partial charge in [-0.05, 0) is 51.6 Å². The average molecular weight is 263 g/mol. The monoisotopic (exact) mass is 263 g/mol. The number of nitriles is 1. The highest BCUT2D eigenvalue weighted by Crippen LogP contribution is 2.35. The van der Waals surface area contributed by atoms with Crippen LogP contribution in [-0.2, 0) is 0 Å². The summed E-state index contributed by atoms with van der Waals surface area (Å²) >= 11 is 0. The lowest BCUT2D eigenvalue weighted by molar-refractivity contribution is 0.198. The maximum atomic E-state index is 9.26. The zero-order valence-corrected chi connectivity index (χ0v) is 12.4. The lowest BCUT2D eigenvalue weighted by Gasteiger charge is -2.30. The topological polar surface area (TPSA) is 53.0 Å². The van der Waals surface area contributed by atoms with Crippen LogP contribution in [0.1, 0.15) is 64.2 Å². The summed E-state index contributed by atoms with van der Waals surface area (Å²) in [5, 5.41) is 9.26. The third-order valence-corrected chi connectivity index (χ3v) is 5.36. The van der Waals surface area contributed by atoms with E-state index in [2.05, 4.69) is 18.0 Å². The number of nitrogens with two attached hydrogens (primary N) is 1. The quantitative estimate of drug-likeness (QED) is 0.793. The molecule has 0 bridgehead atoms. The first-order valence-corrected chi connectivity index (χ1v) is 8.06. The average Bonchev–Trinajstić information content (AvgIpc) is 2.64. The van der Waals surface area contributed by atoms with E-state index in [4.69, 9.17) is 5.73 Å². The van der Waals surface area contributed by atoms with Crippen LogP contribution in [0.2, 0.25) is 0 Å². The van der Waals surface area contributed by atoms with Gasteiger partial charge in [0.2, 0.25) is 0 Å². The summed E-state index contributed by atoms with van der Waals surface area (Å²) < 4.78 is 0. The molecule has 19 heavy (non-hydrogen) atoms. The summed E-state index contributed by atoms with van der Waals surface area (Å²) in [7, 11) is 2.26. The van der Waals surface area contributed by atoms with Gasteiger partial charge in [-0.1, -0.05) is 32.1 Å². The van der Waals surface area contributed by atoms with Gasteiger partial charge in [-0.2, -0.15) is 5.26 Å². The van der Waals surface area contributed by atoms with E-state index in [1.54, 1.807) is 0 Å². The third-order valence-electron chi connectivity index (χ3n) is 5.36. The van der Waals surface area contributed by atoms with Crippen molar-refractivity contribution in [1.82, 2.24) is 4.90 Å². The molecule has 2 rings (SSSR count). The third kappa shape index (κ3) is 3.70. The fraction of sp³-hybridized carbons (Fsp3) is 0.938. The van der Waals surface area contributed by atoms with E-state index in [9.17, 15) is 5.26 Å². The van der Waals surface area contributed by atoms with Crippen LogP contribution in [0.15, 0.2) is 0 Å². The fourth-order valence-electron chi connectivity index (χ4n) is 3.89. The summed E-state index contributed by atoms with van der Waals surface area (Å²) in [5.41, 5.74) is 5.68. The molecule has 0 amide bonds. The standard InChI is InChI=1S/C16H29N3/c1-19(15-8-4-2-3-5-9-15)12-10-14-7-6-11-16(14,18)13-17/h14-15H,2-12,18H2,1H3. The van der Waals surface area contributed by atoms with Crippen LogP contribution in [0.5, 0.6) is 0 Å². The summed E-state index contributed by atoms with van der Waals surface area (Å²) in [6.07, 6.45) is 12.6. The van der Waals surface area contributed by atoms with Crippen LogP contribution < -0.4 is 5.73 Å². The van der Waals surface area contributed by atoms with E-state index in [1.165, 1.54) is 38.5 Å². The van der Waals surface area contributed by atoms with Crippen LogP contribution in [0.25, 0.3) is 0 Å². The molecule has 2 unspecified atom stereocenters. The smallest absolute Gasteiger partial charge is 0.107 e. The van der Waals surface area contributed by atoms with Crippen molar-refractivity contribution < 1.29 is 0 Å². The number of rotatable bonds is 4. The highest BCUT2D eigenvalue weighted by molar-refractivity contribution is 5.11. The Kier molecular flexibility index (Phi) is 5.24. The molecule has 3 heteroatoms. The van der Waals surface area contributed by atoms with Gasteiger partial charge in [0.05, 0.1) is 6.07 Å². The molecule has 0 radical (unpaired) electrons. The Balaban J connectivity index is 1.79. The van der Waals surface area contributed by atoms with Gasteiger partial charge < -0.3 is 10.6 Å². The highest BCUT2D eigenvalue weighted by atomic mass is 15.1. The second-order valence-corrected chi connectivity index (χ2v) is 6.66. The van der Waals surface area contributed by atoms with Gasteiger partial charge in [-0.3, -0.25) is 0 Å². The molecule has 108 valence electrons. The van der Waals surface area contributed by atoms with E-state index >= 15 is 0 Å². The lowest BCUT2D eigenvalue weighted by atomic mass is 9.87. The first-order valence-electron chi connectivity index (χ1n) is 8.06. The Bertz CT molecular complexity index is 314. The number of hydrogen-bond donors (Lipinski definition) is 1. The van der Waals surface area contributed by atoms with Gasteiger partial charge in [-0.25, -0.2) is 0 Å². The van der Waals surface area contributed by atoms with Crippen LogP contribution in [0.4, 0.5) is 0 Å². The van der Waals surface area contributed by atoms with E-state index in [0.29, 0.717) is 5.92 Å². The van der Waals surface area contributed by atoms with E-state index in [-0.39, 0.29) is 0 Å². The Hall–Kier alpha value is -0.590. The predicted molar refractivity (Wildman–Crippen MR) is 78.6 cm³/mol. The van der Waals surface area contributed by atoms with E-state index in [0.717, 1.165) is 38.3 Å². The minimum Gasteiger partial charge on any atom is -0.313 e. The van der Waals surface area contributed by atoms with Gasteiger partial charge in [0, 0.05) is 6.04 Å².